The van der Waals surface area contributed by atoms with E-state index in [9.17, 15) is 0 Å². The van der Waals surface area contributed by atoms with Crippen LogP contribution in [0.3, 0.4) is 0 Å². The van der Waals surface area contributed by atoms with Crippen molar-refractivity contribution in [3.63, 3.8) is 0 Å². The third kappa shape index (κ3) is 7.54. The number of nitrogens with two attached hydrogens (primary N) is 1. The van der Waals surface area contributed by atoms with Crippen LogP contribution in [0.4, 0.5) is 0 Å². The number of nitrogens with one attached hydrogen (secondary N) is 1. The number of hydrogen-bond donors (Lipinski definition) is 2. The van der Waals surface area contributed by atoms with Crippen LogP contribution < -0.4 is 5.73 Å². The van der Waals surface area contributed by atoms with Crippen molar-refractivity contribution in [1.82, 2.24) is 0 Å². The van der Waals surface area contributed by atoms with E-state index < -0.39 is 0 Å². The Balaban J connectivity index is 3.31. The Kier molecular flexibility index (Phi) is 5.72. The Bertz CT molecular complexity index is 134. The first-order valence-electron chi connectivity index (χ1n) is 4.47. The molecular formula is C9H20N2O. The smallest absolute Gasteiger partial charge is 0.0928 e. The molecule has 0 bridgehead atoms. The molecule has 0 fully saturated rings. The lowest BCUT2D eigenvalue weighted by Crippen LogP contribution is -2.17. The average molecular weight is 172 g/mol. The van der Waals surface area contributed by atoms with Gasteiger partial charge in [0.2, 0.25) is 0 Å². The zero-order valence-electron chi connectivity index (χ0n) is 8.26. The highest BCUT2D eigenvalue weighted by molar-refractivity contribution is 5.76. The predicted molar refractivity (Wildman–Crippen MR) is 51.4 cm³/mol. The molecule has 0 amide bonds. The lowest BCUT2D eigenvalue weighted by Gasteiger charge is -2.14. The second-order valence-electron chi connectivity index (χ2n) is 3.59. The van der Waals surface area contributed by atoms with Crippen LogP contribution in [0.2, 0.25) is 0 Å². The van der Waals surface area contributed by atoms with E-state index in [1.807, 2.05) is 0 Å². The molecule has 3 nitrogen and oxygen atoms in total. The monoisotopic (exact) mass is 172 g/mol. The van der Waals surface area contributed by atoms with Gasteiger partial charge < -0.3 is 10.5 Å². The molecular weight excluding hydrogens is 152 g/mol. The summed E-state index contributed by atoms with van der Waals surface area (Å²) in [6.45, 7) is 6.97. The minimum atomic E-state index is 0.201. The van der Waals surface area contributed by atoms with Crippen molar-refractivity contribution < 1.29 is 4.74 Å². The Morgan fingerprint density at radius 2 is 2.00 bits per heavy atom. The van der Waals surface area contributed by atoms with Crippen molar-refractivity contribution in [3.05, 3.63) is 0 Å². The van der Waals surface area contributed by atoms with E-state index in [0.717, 1.165) is 6.42 Å². The molecule has 3 heteroatoms. The number of hydrogen-bond acceptors (Lipinski definition) is 2. The Hall–Kier alpha value is -0.570. The van der Waals surface area contributed by atoms with Crippen molar-refractivity contribution >= 4 is 5.84 Å². The predicted octanol–water partition coefficient (Wildman–Crippen LogP) is 1.76. The SMILES string of the molecule is CC(C)CC(C)OCCC(=N)N. The molecule has 0 spiro atoms. The van der Waals surface area contributed by atoms with Gasteiger partial charge in [0.25, 0.3) is 0 Å². The molecule has 3 N–H and O–H groups in total. The summed E-state index contributed by atoms with van der Waals surface area (Å²) in [7, 11) is 0. The molecule has 1 unspecified atom stereocenters. The molecule has 0 aromatic heterocycles. The fraction of sp³-hybridized carbons (Fsp3) is 0.889. The molecule has 0 radical (unpaired) electrons. The molecule has 0 aromatic rings. The van der Waals surface area contributed by atoms with Crippen LogP contribution in [-0.4, -0.2) is 18.5 Å². The number of rotatable bonds is 6. The summed E-state index contributed by atoms with van der Waals surface area (Å²) in [5, 5.41) is 6.98. The highest BCUT2D eigenvalue weighted by atomic mass is 16.5. The normalized spacial score (nSPS) is 13.3. The van der Waals surface area contributed by atoms with E-state index in [2.05, 4.69) is 20.8 Å². The van der Waals surface area contributed by atoms with Gasteiger partial charge in [0, 0.05) is 6.42 Å². The first kappa shape index (κ1) is 11.4. The summed E-state index contributed by atoms with van der Waals surface area (Å²) in [5.41, 5.74) is 5.18. The van der Waals surface area contributed by atoms with Gasteiger partial charge in [-0.15, -0.1) is 0 Å². The largest absolute Gasteiger partial charge is 0.388 e. The summed E-state index contributed by atoms with van der Waals surface area (Å²) in [4.78, 5) is 0. The quantitative estimate of drug-likeness (QED) is 0.474. The van der Waals surface area contributed by atoms with Gasteiger partial charge in [-0.1, -0.05) is 13.8 Å². The van der Waals surface area contributed by atoms with Gasteiger partial charge >= 0.3 is 0 Å². The lowest BCUT2D eigenvalue weighted by atomic mass is 10.1. The van der Waals surface area contributed by atoms with Crippen LogP contribution in [0.15, 0.2) is 0 Å². The zero-order valence-corrected chi connectivity index (χ0v) is 8.26. The van der Waals surface area contributed by atoms with Gasteiger partial charge in [-0.2, -0.15) is 0 Å². The first-order valence-corrected chi connectivity index (χ1v) is 4.47. The number of ether oxygens (including phenoxy) is 1. The van der Waals surface area contributed by atoms with Gasteiger partial charge in [-0.05, 0) is 19.3 Å². The Labute approximate surface area is 74.8 Å². The molecule has 0 saturated heterocycles. The van der Waals surface area contributed by atoms with Gasteiger partial charge in [0.05, 0.1) is 18.5 Å². The third-order valence-corrected chi connectivity index (χ3v) is 1.58. The number of amidine groups is 1. The minimum Gasteiger partial charge on any atom is -0.388 e. The molecule has 1 atom stereocenters. The lowest BCUT2D eigenvalue weighted by molar-refractivity contribution is 0.0567. The summed E-state index contributed by atoms with van der Waals surface area (Å²) in [6, 6.07) is 0. The highest BCUT2D eigenvalue weighted by Gasteiger charge is 2.04. The third-order valence-electron chi connectivity index (χ3n) is 1.58. The van der Waals surface area contributed by atoms with E-state index in [1.54, 1.807) is 0 Å². The van der Waals surface area contributed by atoms with E-state index in [-0.39, 0.29) is 11.9 Å². The Morgan fingerprint density at radius 3 is 2.42 bits per heavy atom. The maximum absolute atomic E-state index is 6.98. The summed E-state index contributed by atoms with van der Waals surface area (Å²) in [6.07, 6.45) is 1.89. The molecule has 0 aliphatic carbocycles. The van der Waals surface area contributed by atoms with Crippen LogP contribution >= 0.6 is 0 Å². The molecule has 12 heavy (non-hydrogen) atoms. The molecule has 0 aliphatic rings. The molecule has 0 aromatic carbocycles. The fourth-order valence-electron chi connectivity index (χ4n) is 1.10. The first-order chi connectivity index (χ1) is 5.52. The van der Waals surface area contributed by atoms with E-state index in [4.69, 9.17) is 15.9 Å². The summed E-state index contributed by atoms with van der Waals surface area (Å²) < 4.78 is 5.44. The van der Waals surface area contributed by atoms with Crippen molar-refractivity contribution in [2.24, 2.45) is 11.7 Å². The summed E-state index contributed by atoms with van der Waals surface area (Å²) in [5.74, 6) is 0.865. The molecule has 0 saturated carbocycles. The maximum Gasteiger partial charge on any atom is 0.0928 e. The standard InChI is InChI=1S/C9H20N2O/c1-7(2)6-8(3)12-5-4-9(10)11/h7-8H,4-6H2,1-3H3,(H3,10,11). The van der Waals surface area contributed by atoms with Crippen LogP contribution in [0.5, 0.6) is 0 Å². The van der Waals surface area contributed by atoms with Crippen molar-refractivity contribution in [1.29, 1.82) is 5.41 Å². The molecule has 0 aliphatic heterocycles. The van der Waals surface area contributed by atoms with E-state index in [1.165, 1.54) is 0 Å². The topological polar surface area (TPSA) is 59.1 Å². The maximum atomic E-state index is 6.98. The molecule has 72 valence electrons. The Morgan fingerprint density at radius 1 is 1.42 bits per heavy atom. The van der Waals surface area contributed by atoms with Gasteiger partial charge in [-0.25, -0.2) is 0 Å². The van der Waals surface area contributed by atoms with Gasteiger partial charge in [-0.3, -0.25) is 5.41 Å². The fourth-order valence-corrected chi connectivity index (χ4v) is 1.10. The second-order valence-corrected chi connectivity index (χ2v) is 3.59. The summed E-state index contributed by atoms with van der Waals surface area (Å²) >= 11 is 0. The van der Waals surface area contributed by atoms with Crippen LogP contribution in [0, 0.1) is 11.3 Å². The van der Waals surface area contributed by atoms with E-state index >= 15 is 0 Å². The average Bonchev–Trinajstić information content (AvgIpc) is 1.84. The van der Waals surface area contributed by atoms with Crippen LogP contribution in [-0.2, 0) is 4.74 Å². The van der Waals surface area contributed by atoms with Gasteiger partial charge in [0.15, 0.2) is 0 Å². The molecule has 0 heterocycles. The van der Waals surface area contributed by atoms with Crippen molar-refractivity contribution in [3.8, 4) is 0 Å². The van der Waals surface area contributed by atoms with Crippen molar-refractivity contribution in [2.75, 3.05) is 6.61 Å². The minimum absolute atomic E-state index is 0.201. The van der Waals surface area contributed by atoms with E-state index in [0.29, 0.717) is 18.9 Å². The van der Waals surface area contributed by atoms with Crippen molar-refractivity contribution in [2.45, 2.75) is 39.7 Å². The highest BCUT2D eigenvalue weighted by Crippen LogP contribution is 2.07. The zero-order chi connectivity index (χ0) is 9.56. The van der Waals surface area contributed by atoms with Crippen LogP contribution in [0.1, 0.15) is 33.6 Å². The van der Waals surface area contributed by atoms with Gasteiger partial charge in [0.1, 0.15) is 0 Å². The van der Waals surface area contributed by atoms with Crippen LogP contribution in [0.25, 0.3) is 0 Å². The second kappa shape index (κ2) is 6.00. The molecule has 0 rings (SSSR count).